The quantitative estimate of drug-likeness (QED) is 0.344. The SMILES string of the molecule is CNC(=O)Nc1cccc(C(=O)c2ncc(Cl)cc2NS(=O)(=O)c2ccc(C)c(C(F)(F)F)c2)c1Cl. The average molecular weight is 561 g/mol. The van der Waals surface area contributed by atoms with Crippen LogP contribution in [-0.2, 0) is 16.2 Å². The first-order valence-electron chi connectivity index (χ1n) is 9.92. The average Bonchev–Trinajstić information content (AvgIpc) is 2.79. The van der Waals surface area contributed by atoms with E-state index in [1.54, 1.807) is 0 Å². The summed E-state index contributed by atoms with van der Waals surface area (Å²) in [7, 11) is -3.23. The molecule has 14 heteroatoms. The molecule has 0 unspecified atom stereocenters. The van der Waals surface area contributed by atoms with Crippen molar-refractivity contribution in [2.45, 2.75) is 18.0 Å². The zero-order chi connectivity index (χ0) is 26.8. The van der Waals surface area contributed by atoms with E-state index in [1.165, 1.54) is 32.2 Å². The van der Waals surface area contributed by atoms with Gasteiger partial charge < -0.3 is 10.6 Å². The van der Waals surface area contributed by atoms with Crippen molar-refractivity contribution in [3.63, 3.8) is 0 Å². The Morgan fingerprint density at radius 2 is 1.72 bits per heavy atom. The first-order chi connectivity index (χ1) is 16.7. The molecule has 3 N–H and O–H groups in total. The number of alkyl halides is 3. The second-order valence-electron chi connectivity index (χ2n) is 7.33. The molecule has 0 atom stereocenters. The molecule has 2 aromatic carbocycles. The Bertz CT molecular complexity index is 1460. The third-order valence-electron chi connectivity index (χ3n) is 4.86. The Morgan fingerprint density at radius 1 is 1.03 bits per heavy atom. The van der Waals surface area contributed by atoms with Crippen LogP contribution < -0.4 is 15.4 Å². The van der Waals surface area contributed by atoms with Crippen LogP contribution in [0.25, 0.3) is 0 Å². The lowest BCUT2D eigenvalue weighted by Gasteiger charge is -2.15. The van der Waals surface area contributed by atoms with Gasteiger partial charge in [0.1, 0.15) is 5.69 Å². The van der Waals surface area contributed by atoms with Crippen molar-refractivity contribution in [1.82, 2.24) is 10.3 Å². The number of aryl methyl sites for hydroxylation is 1. The van der Waals surface area contributed by atoms with Crippen molar-refractivity contribution in [3.05, 3.63) is 81.1 Å². The molecule has 0 saturated carbocycles. The predicted molar refractivity (Wildman–Crippen MR) is 129 cm³/mol. The molecule has 0 radical (unpaired) electrons. The number of nitrogens with one attached hydrogen (secondary N) is 3. The molecule has 3 aromatic rings. The van der Waals surface area contributed by atoms with E-state index in [4.69, 9.17) is 23.2 Å². The normalized spacial score (nSPS) is 11.6. The first kappa shape index (κ1) is 27.2. The molecule has 1 heterocycles. The summed E-state index contributed by atoms with van der Waals surface area (Å²) in [4.78, 5) is 28.1. The molecule has 0 aliphatic rings. The van der Waals surface area contributed by atoms with Crippen LogP contribution in [0.1, 0.15) is 27.2 Å². The summed E-state index contributed by atoms with van der Waals surface area (Å²) in [5.74, 6) is -0.838. The number of ketones is 1. The molecule has 0 saturated heterocycles. The van der Waals surface area contributed by atoms with Gasteiger partial charge in [0.25, 0.3) is 10.0 Å². The van der Waals surface area contributed by atoms with Crippen molar-refractivity contribution in [2.75, 3.05) is 17.1 Å². The number of carbonyl (C=O) groups is 2. The number of carbonyl (C=O) groups excluding carboxylic acids is 2. The smallest absolute Gasteiger partial charge is 0.341 e. The second kappa shape index (κ2) is 10.3. The van der Waals surface area contributed by atoms with Gasteiger partial charge in [0, 0.05) is 18.8 Å². The van der Waals surface area contributed by atoms with Crippen LogP contribution in [0.5, 0.6) is 0 Å². The zero-order valence-electron chi connectivity index (χ0n) is 18.5. The van der Waals surface area contributed by atoms with E-state index in [9.17, 15) is 31.2 Å². The fourth-order valence-electron chi connectivity index (χ4n) is 3.09. The minimum absolute atomic E-state index is 0.0507. The van der Waals surface area contributed by atoms with Crippen molar-refractivity contribution in [1.29, 1.82) is 0 Å². The van der Waals surface area contributed by atoms with Crippen LogP contribution in [0.15, 0.2) is 53.6 Å². The van der Waals surface area contributed by atoms with Crippen LogP contribution in [-0.4, -0.2) is 32.3 Å². The Balaban J connectivity index is 2.05. The number of aromatic nitrogens is 1. The minimum Gasteiger partial charge on any atom is -0.341 e. The molecular weight excluding hydrogens is 544 g/mol. The Morgan fingerprint density at radius 3 is 2.36 bits per heavy atom. The first-order valence-corrected chi connectivity index (χ1v) is 12.2. The largest absolute Gasteiger partial charge is 0.416 e. The topological polar surface area (TPSA) is 117 Å². The highest BCUT2D eigenvalue weighted by atomic mass is 35.5. The number of anilines is 2. The highest BCUT2D eigenvalue weighted by Crippen LogP contribution is 2.34. The maximum absolute atomic E-state index is 13.3. The van der Waals surface area contributed by atoms with Crippen molar-refractivity contribution in [3.8, 4) is 0 Å². The second-order valence-corrected chi connectivity index (χ2v) is 9.83. The summed E-state index contributed by atoms with van der Waals surface area (Å²) in [6, 6.07) is 7.17. The fraction of sp³-hybridized carbons (Fsp3) is 0.136. The van der Waals surface area contributed by atoms with Gasteiger partial charge in [-0.25, -0.2) is 18.2 Å². The summed E-state index contributed by atoms with van der Waals surface area (Å²) in [6.07, 6.45) is -3.69. The Labute approximate surface area is 213 Å². The molecule has 0 aliphatic heterocycles. The molecule has 8 nitrogen and oxygen atoms in total. The Kier molecular flexibility index (Phi) is 7.82. The van der Waals surface area contributed by atoms with E-state index in [0.717, 1.165) is 24.4 Å². The van der Waals surface area contributed by atoms with Crippen molar-refractivity contribution in [2.24, 2.45) is 0 Å². The van der Waals surface area contributed by atoms with E-state index in [2.05, 4.69) is 20.3 Å². The molecule has 0 spiro atoms. The van der Waals surface area contributed by atoms with E-state index in [1.807, 2.05) is 0 Å². The summed E-state index contributed by atoms with van der Waals surface area (Å²) < 4.78 is 67.9. The van der Waals surface area contributed by atoms with E-state index in [-0.39, 0.29) is 32.5 Å². The standard InChI is InChI=1S/C22H17Cl2F3N4O4S/c1-11-6-7-13(9-15(11)22(25,26)27)36(34,35)31-17-8-12(23)10-29-19(17)20(32)14-4-3-5-16(18(14)24)30-21(33)28-2/h3-10,31H,1-2H3,(H2,28,30,33). The third kappa shape index (κ3) is 5.89. The van der Waals surface area contributed by atoms with Crippen LogP contribution >= 0.6 is 23.2 Å². The van der Waals surface area contributed by atoms with Gasteiger partial charge in [-0.05, 0) is 42.8 Å². The molecule has 190 valence electrons. The predicted octanol–water partition coefficient (Wildman–Crippen LogP) is 5.50. The highest BCUT2D eigenvalue weighted by Gasteiger charge is 2.34. The minimum atomic E-state index is -4.78. The summed E-state index contributed by atoms with van der Waals surface area (Å²) in [6.45, 7) is 1.20. The van der Waals surface area contributed by atoms with Gasteiger partial charge >= 0.3 is 12.2 Å². The number of rotatable bonds is 6. The van der Waals surface area contributed by atoms with Crippen LogP contribution in [0.4, 0.5) is 29.3 Å². The lowest BCUT2D eigenvalue weighted by Crippen LogP contribution is -2.24. The van der Waals surface area contributed by atoms with Gasteiger partial charge in [0.2, 0.25) is 5.78 Å². The van der Waals surface area contributed by atoms with Gasteiger partial charge in [-0.2, -0.15) is 13.2 Å². The summed E-state index contributed by atoms with van der Waals surface area (Å²) >= 11 is 12.2. The highest BCUT2D eigenvalue weighted by molar-refractivity contribution is 7.92. The maximum atomic E-state index is 13.3. The van der Waals surface area contributed by atoms with Crippen molar-refractivity contribution < 1.29 is 31.2 Å². The lowest BCUT2D eigenvalue weighted by molar-refractivity contribution is -0.138. The summed E-state index contributed by atoms with van der Waals surface area (Å²) in [5, 5.41) is 4.56. The molecule has 0 bridgehead atoms. The number of halogens is 5. The lowest BCUT2D eigenvalue weighted by atomic mass is 10.1. The number of pyridine rings is 1. The maximum Gasteiger partial charge on any atom is 0.416 e. The Hall–Kier alpha value is -3.35. The molecule has 1 aromatic heterocycles. The van der Waals surface area contributed by atoms with E-state index >= 15 is 0 Å². The van der Waals surface area contributed by atoms with Gasteiger partial charge in [0.15, 0.2) is 0 Å². The molecule has 0 fully saturated rings. The zero-order valence-corrected chi connectivity index (χ0v) is 20.8. The van der Waals surface area contributed by atoms with Crippen LogP contribution in [0.3, 0.4) is 0 Å². The number of nitrogens with zero attached hydrogens (tertiary/aromatic N) is 1. The molecule has 0 aliphatic carbocycles. The molecular formula is C22H17Cl2F3N4O4S. The van der Waals surface area contributed by atoms with Gasteiger partial charge in [-0.1, -0.05) is 35.3 Å². The number of hydrogen-bond acceptors (Lipinski definition) is 5. The number of urea groups is 1. The van der Waals surface area contributed by atoms with Gasteiger partial charge in [-0.3, -0.25) is 9.52 Å². The number of amides is 2. The van der Waals surface area contributed by atoms with Crippen molar-refractivity contribution >= 4 is 56.4 Å². The van der Waals surface area contributed by atoms with Gasteiger partial charge in [0.05, 0.1) is 31.9 Å². The number of sulfonamides is 1. The number of benzene rings is 2. The molecule has 3 rings (SSSR count). The van der Waals surface area contributed by atoms with E-state index < -0.39 is 44.2 Å². The van der Waals surface area contributed by atoms with Crippen LogP contribution in [0.2, 0.25) is 10.0 Å². The van der Waals surface area contributed by atoms with Crippen LogP contribution in [0, 0.1) is 6.92 Å². The molecule has 36 heavy (non-hydrogen) atoms. The number of hydrogen-bond donors (Lipinski definition) is 3. The summed E-state index contributed by atoms with van der Waals surface area (Å²) in [5.41, 5.74) is -2.14. The fourth-order valence-corrected chi connectivity index (χ4v) is 4.59. The van der Waals surface area contributed by atoms with E-state index in [0.29, 0.717) is 6.07 Å². The molecule has 2 amide bonds. The monoisotopic (exact) mass is 560 g/mol. The third-order valence-corrected chi connectivity index (χ3v) is 6.83. The van der Waals surface area contributed by atoms with Gasteiger partial charge in [-0.15, -0.1) is 0 Å².